The molecule has 0 aliphatic heterocycles. The summed E-state index contributed by atoms with van der Waals surface area (Å²) in [5.41, 5.74) is 0. The van der Waals surface area contributed by atoms with Crippen LogP contribution in [0.15, 0.2) is 22.8 Å². The van der Waals surface area contributed by atoms with Gasteiger partial charge in [-0.3, -0.25) is 9.59 Å². The molecule has 20 heavy (non-hydrogen) atoms. The minimum Gasteiger partial charge on any atom is -0.459 e. The van der Waals surface area contributed by atoms with Gasteiger partial charge in [-0.05, 0) is 30.4 Å². The van der Waals surface area contributed by atoms with Crippen molar-refractivity contribution in [1.29, 1.82) is 0 Å². The minimum absolute atomic E-state index is 0.00737. The Kier molecular flexibility index (Phi) is 6.28. The number of furan rings is 1. The van der Waals surface area contributed by atoms with Crippen molar-refractivity contribution >= 4 is 11.8 Å². The number of rotatable bonds is 7. The predicted octanol–water partition coefficient (Wildman–Crippen LogP) is 2.20. The first kappa shape index (κ1) is 16.3. The van der Waals surface area contributed by atoms with Gasteiger partial charge in [0.25, 0.3) is 5.91 Å². The number of carbonyl (C=O) groups is 2. The zero-order valence-corrected chi connectivity index (χ0v) is 12.6. The van der Waals surface area contributed by atoms with E-state index >= 15 is 0 Å². The highest BCUT2D eigenvalue weighted by molar-refractivity contribution is 5.95. The normalized spacial score (nSPS) is 12.5. The summed E-state index contributed by atoms with van der Waals surface area (Å²) in [5, 5.41) is 5.57. The van der Waals surface area contributed by atoms with E-state index in [0.717, 1.165) is 6.42 Å². The van der Waals surface area contributed by atoms with Crippen molar-refractivity contribution in [2.45, 2.75) is 40.2 Å². The largest absolute Gasteiger partial charge is 0.459 e. The monoisotopic (exact) mass is 280 g/mol. The van der Waals surface area contributed by atoms with Gasteiger partial charge >= 0.3 is 0 Å². The van der Waals surface area contributed by atoms with E-state index in [-0.39, 0.29) is 23.5 Å². The van der Waals surface area contributed by atoms with E-state index in [1.807, 2.05) is 13.8 Å². The van der Waals surface area contributed by atoms with Crippen LogP contribution < -0.4 is 10.6 Å². The Bertz CT molecular complexity index is 424. The highest BCUT2D eigenvalue weighted by Gasteiger charge is 2.25. The average Bonchev–Trinajstić information content (AvgIpc) is 2.88. The second-order valence-corrected chi connectivity index (χ2v) is 5.65. The lowest BCUT2D eigenvalue weighted by Gasteiger charge is -2.21. The molecule has 5 heteroatoms. The lowest BCUT2D eigenvalue weighted by Crippen LogP contribution is -2.49. The molecule has 0 aliphatic carbocycles. The number of hydrogen-bond donors (Lipinski definition) is 2. The lowest BCUT2D eigenvalue weighted by molar-refractivity contribution is -0.123. The van der Waals surface area contributed by atoms with E-state index in [1.54, 1.807) is 12.1 Å². The van der Waals surface area contributed by atoms with Crippen LogP contribution in [0.1, 0.15) is 44.7 Å². The molecule has 0 bridgehead atoms. The number of hydrogen-bond acceptors (Lipinski definition) is 3. The van der Waals surface area contributed by atoms with E-state index in [4.69, 9.17) is 4.42 Å². The standard InChI is InChI=1S/C15H24N2O3/c1-10(2)7-8-16-15(19)13(11(3)4)17-14(18)12-6-5-9-20-12/h5-6,9-11,13H,7-8H2,1-4H3,(H,16,19)(H,17,18). The van der Waals surface area contributed by atoms with Crippen molar-refractivity contribution in [3.8, 4) is 0 Å². The van der Waals surface area contributed by atoms with Crippen molar-refractivity contribution in [3.05, 3.63) is 24.2 Å². The average molecular weight is 280 g/mol. The van der Waals surface area contributed by atoms with Gasteiger partial charge in [-0.25, -0.2) is 0 Å². The molecule has 1 atom stereocenters. The molecular formula is C15H24N2O3. The predicted molar refractivity (Wildman–Crippen MR) is 77.3 cm³/mol. The van der Waals surface area contributed by atoms with Crippen molar-refractivity contribution in [3.63, 3.8) is 0 Å². The third-order valence-electron chi connectivity index (χ3n) is 3.00. The SMILES string of the molecule is CC(C)CCNC(=O)C(NC(=O)c1ccco1)C(C)C. The Hall–Kier alpha value is -1.78. The van der Waals surface area contributed by atoms with Gasteiger partial charge in [-0.15, -0.1) is 0 Å². The Morgan fingerprint density at radius 1 is 1.25 bits per heavy atom. The second kappa shape index (κ2) is 7.72. The van der Waals surface area contributed by atoms with Crippen LogP contribution in [0, 0.1) is 11.8 Å². The molecule has 5 nitrogen and oxygen atoms in total. The third kappa shape index (κ3) is 5.07. The Balaban J connectivity index is 2.55. The van der Waals surface area contributed by atoms with Gasteiger partial charge in [0.15, 0.2) is 5.76 Å². The Morgan fingerprint density at radius 2 is 1.95 bits per heavy atom. The summed E-state index contributed by atoms with van der Waals surface area (Å²) in [6.07, 6.45) is 2.35. The highest BCUT2D eigenvalue weighted by Crippen LogP contribution is 2.06. The summed E-state index contributed by atoms with van der Waals surface area (Å²) in [5.74, 6) is 0.234. The Morgan fingerprint density at radius 3 is 2.45 bits per heavy atom. The van der Waals surface area contributed by atoms with Gasteiger partial charge in [0.2, 0.25) is 5.91 Å². The zero-order valence-electron chi connectivity index (χ0n) is 12.6. The molecule has 1 aromatic rings. The fourth-order valence-electron chi connectivity index (χ4n) is 1.75. The molecule has 1 rings (SSSR count). The molecule has 1 aromatic heterocycles. The molecule has 0 spiro atoms. The topological polar surface area (TPSA) is 71.3 Å². The van der Waals surface area contributed by atoms with E-state index < -0.39 is 6.04 Å². The van der Waals surface area contributed by atoms with Crippen molar-refractivity contribution in [1.82, 2.24) is 10.6 Å². The molecule has 2 N–H and O–H groups in total. The first-order chi connectivity index (χ1) is 9.41. The van der Waals surface area contributed by atoms with Crippen LogP contribution in [0.3, 0.4) is 0 Å². The number of nitrogens with one attached hydrogen (secondary N) is 2. The minimum atomic E-state index is -0.556. The van der Waals surface area contributed by atoms with Crippen LogP contribution in [0.5, 0.6) is 0 Å². The summed E-state index contributed by atoms with van der Waals surface area (Å²) >= 11 is 0. The van der Waals surface area contributed by atoms with Crippen molar-refractivity contribution in [2.75, 3.05) is 6.54 Å². The molecule has 1 unspecified atom stereocenters. The van der Waals surface area contributed by atoms with Crippen LogP contribution in [0.25, 0.3) is 0 Å². The third-order valence-corrected chi connectivity index (χ3v) is 3.00. The highest BCUT2D eigenvalue weighted by atomic mass is 16.3. The van der Waals surface area contributed by atoms with Crippen molar-refractivity contribution in [2.24, 2.45) is 11.8 Å². The number of amides is 2. The maximum absolute atomic E-state index is 12.1. The fraction of sp³-hybridized carbons (Fsp3) is 0.600. The summed E-state index contributed by atoms with van der Waals surface area (Å²) < 4.78 is 5.02. The molecule has 2 amide bonds. The second-order valence-electron chi connectivity index (χ2n) is 5.65. The fourth-order valence-corrected chi connectivity index (χ4v) is 1.75. The molecule has 0 fully saturated rings. The van der Waals surface area contributed by atoms with Crippen LogP contribution in [-0.4, -0.2) is 24.4 Å². The first-order valence-corrected chi connectivity index (χ1v) is 7.04. The molecule has 0 aliphatic rings. The van der Waals surface area contributed by atoms with Gasteiger partial charge in [0, 0.05) is 6.54 Å². The molecule has 0 radical (unpaired) electrons. The Labute approximate surface area is 120 Å². The van der Waals surface area contributed by atoms with Crippen molar-refractivity contribution < 1.29 is 14.0 Å². The summed E-state index contributed by atoms with van der Waals surface area (Å²) in [6, 6.07) is 2.66. The van der Waals surface area contributed by atoms with E-state index in [2.05, 4.69) is 24.5 Å². The summed E-state index contributed by atoms with van der Waals surface area (Å²) in [6.45, 7) is 8.62. The maximum atomic E-state index is 12.1. The van der Waals surface area contributed by atoms with Crippen LogP contribution >= 0.6 is 0 Å². The zero-order chi connectivity index (χ0) is 15.1. The lowest BCUT2D eigenvalue weighted by atomic mass is 10.0. The smallest absolute Gasteiger partial charge is 0.287 e. The maximum Gasteiger partial charge on any atom is 0.287 e. The molecule has 0 saturated heterocycles. The number of carbonyl (C=O) groups excluding carboxylic acids is 2. The van der Waals surface area contributed by atoms with Crippen LogP contribution in [0.4, 0.5) is 0 Å². The molecule has 112 valence electrons. The van der Waals surface area contributed by atoms with Gasteiger partial charge in [0.1, 0.15) is 6.04 Å². The summed E-state index contributed by atoms with van der Waals surface area (Å²) in [7, 11) is 0. The van der Waals surface area contributed by atoms with Gasteiger partial charge in [-0.2, -0.15) is 0 Å². The van der Waals surface area contributed by atoms with E-state index in [0.29, 0.717) is 12.5 Å². The van der Waals surface area contributed by atoms with Crippen LogP contribution in [-0.2, 0) is 4.79 Å². The molecule has 1 heterocycles. The molecule has 0 saturated carbocycles. The van der Waals surface area contributed by atoms with E-state index in [1.165, 1.54) is 6.26 Å². The molecular weight excluding hydrogens is 256 g/mol. The summed E-state index contributed by atoms with van der Waals surface area (Å²) in [4.78, 5) is 24.0. The van der Waals surface area contributed by atoms with E-state index in [9.17, 15) is 9.59 Å². The van der Waals surface area contributed by atoms with Gasteiger partial charge in [-0.1, -0.05) is 27.7 Å². The van der Waals surface area contributed by atoms with Gasteiger partial charge in [0.05, 0.1) is 6.26 Å². The molecule has 0 aromatic carbocycles. The van der Waals surface area contributed by atoms with Crippen LogP contribution in [0.2, 0.25) is 0 Å². The quantitative estimate of drug-likeness (QED) is 0.804. The first-order valence-electron chi connectivity index (χ1n) is 7.04. The van der Waals surface area contributed by atoms with Gasteiger partial charge < -0.3 is 15.1 Å².